The van der Waals surface area contributed by atoms with Gasteiger partial charge < -0.3 is 4.74 Å². The van der Waals surface area contributed by atoms with E-state index in [2.05, 4.69) is 0 Å². The molecule has 3 nitrogen and oxygen atoms in total. The summed E-state index contributed by atoms with van der Waals surface area (Å²) in [5.74, 6) is -0.432. The third-order valence-electron chi connectivity index (χ3n) is 2.47. The summed E-state index contributed by atoms with van der Waals surface area (Å²) in [6.45, 7) is 7.28. The minimum atomic E-state index is -1.41. The fourth-order valence-corrected chi connectivity index (χ4v) is 2.52. The van der Waals surface area contributed by atoms with Crippen LogP contribution in [0.2, 0.25) is 0 Å². The molecular formula is C13H18O3S. The zero-order chi connectivity index (χ0) is 13.1. The molecule has 0 saturated carbocycles. The second-order valence-corrected chi connectivity index (χ2v) is 6.34. The molecular weight excluding hydrogens is 236 g/mol. The number of ether oxygens (including phenoxy) is 1. The van der Waals surface area contributed by atoms with Gasteiger partial charge in [-0.25, -0.2) is 0 Å². The molecule has 0 spiro atoms. The highest BCUT2D eigenvalue weighted by atomic mass is 32.2. The first-order valence-corrected chi connectivity index (χ1v) is 6.70. The van der Waals surface area contributed by atoms with E-state index in [0.717, 1.165) is 5.56 Å². The van der Waals surface area contributed by atoms with E-state index in [-0.39, 0.29) is 0 Å². The maximum atomic E-state index is 12.3. The molecule has 0 heterocycles. The molecule has 0 aliphatic heterocycles. The van der Waals surface area contributed by atoms with E-state index in [1.54, 1.807) is 32.9 Å². The fraction of sp³-hybridized carbons (Fsp3) is 0.462. The zero-order valence-electron chi connectivity index (χ0n) is 10.6. The van der Waals surface area contributed by atoms with Crippen molar-refractivity contribution in [3.8, 4) is 0 Å². The number of rotatable bonds is 4. The van der Waals surface area contributed by atoms with Gasteiger partial charge in [-0.3, -0.25) is 9.00 Å². The Labute approximate surface area is 105 Å². The highest BCUT2D eigenvalue weighted by molar-refractivity contribution is 7.87. The molecule has 1 unspecified atom stereocenters. The number of carbonyl (C=O) groups excluding carboxylic acids is 1. The van der Waals surface area contributed by atoms with Crippen molar-refractivity contribution < 1.29 is 13.7 Å². The first kappa shape index (κ1) is 13.9. The van der Waals surface area contributed by atoms with Gasteiger partial charge in [0, 0.05) is 4.90 Å². The summed E-state index contributed by atoms with van der Waals surface area (Å²) in [5, 5.41) is 0. The van der Waals surface area contributed by atoms with Crippen LogP contribution in [0.1, 0.15) is 26.3 Å². The SMILES string of the molecule is CCOC(=O)C(C)(C)S(=O)c1ccc(C)cc1. The molecule has 0 fully saturated rings. The minimum absolute atomic E-state index is 0.299. The van der Waals surface area contributed by atoms with E-state index < -0.39 is 21.5 Å². The van der Waals surface area contributed by atoms with Gasteiger partial charge in [0.1, 0.15) is 4.75 Å². The zero-order valence-corrected chi connectivity index (χ0v) is 11.5. The molecule has 0 saturated heterocycles. The molecule has 1 aromatic carbocycles. The van der Waals surface area contributed by atoms with Crippen LogP contribution in [0, 0.1) is 6.92 Å². The topological polar surface area (TPSA) is 43.4 Å². The third-order valence-corrected chi connectivity index (χ3v) is 4.26. The molecule has 0 N–H and O–H groups in total. The van der Waals surface area contributed by atoms with Crippen LogP contribution in [-0.2, 0) is 20.3 Å². The molecule has 1 aromatic rings. The largest absolute Gasteiger partial charge is 0.465 e. The van der Waals surface area contributed by atoms with Crippen LogP contribution in [0.3, 0.4) is 0 Å². The smallest absolute Gasteiger partial charge is 0.324 e. The van der Waals surface area contributed by atoms with Crippen LogP contribution in [0.5, 0.6) is 0 Å². The van der Waals surface area contributed by atoms with Crippen molar-refractivity contribution in [2.24, 2.45) is 0 Å². The predicted molar refractivity (Wildman–Crippen MR) is 68.3 cm³/mol. The molecule has 0 amide bonds. The van der Waals surface area contributed by atoms with Gasteiger partial charge in [0.15, 0.2) is 0 Å². The first-order chi connectivity index (χ1) is 7.89. The Hall–Kier alpha value is -1.16. The number of aryl methyl sites for hydroxylation is 1. The van der Waals surface area contributed by atoms with E-state index in [4.69, 9.17) is 4.74 Å². The lowest BCUT2D eigenvalue weighted by Crippen LogP contribution is -2.38. The molecule has 0 aromatic heterocycles. The van der Waals surface area contributed by atoms with E-state index in [1.165, 1.54) is 0 Å². The quantitative estimate of drug-likeness (QED) is 0.775. The Bertz CT molecular complexity index is 421. The van der Waals surface area contributed by atoms with Crippen LogP contribution >= 0.6 is 0 Å². The summed E-state index contributed by atoms with van der Waals surface area (Å²) >= 11 is 0. The molecule has 17 heavy (non-hydrogen) atoms. The monoisotopic (exact) mass is 254 g/mol. The van der Waals surface area contributed by atoms with Gasteiger partial charge >= 0.3 is 5.97 Å². The highest BCUT2D eigenvalue weighted by Gasteiger charge is 2.36. The highest BCUT2D eigenvalue weighted by Crippen LogP contribution is 2.22. The van der Waals surface area contributed by atoms with Crippen LogP contribution in [0.25, 0.3) is 0 Å². The van der Waals surface area contributed by atoms with Gasteiger partial charge in [-0.1, -0.05) is 17.7 Å². The van der Waals surface area contributed by atoms with Crippen molar-refractivity contribution in [1.82, 2.24) is 0 Å². The molecule has 0 radical (unpaired) electrons. The lowest BCUT2D eigenvalue weighted by molar-refractivity contribution is -0.145. The Kier molecular flexibility index (Phi) is 4.46. The van der Waals surface area contributed by atoms with Gasteiger partial charge in [-0.05, 0) is 39.8 Å². The molecule has 1 rings (SSSR count). The summed E-state index contributed by atoms with van der Waals surface area (Å²) in [4.78, 5) is 12.4. The molecule has 0 aliphatic carbocycles. The molecule has 94 valence electrons. The van der Waals surface area contributed by atoms with E-state index in [9.17, 15) is 9.00 Å². The lowest BCUT2D eigenvalue weighted by atomic mass is 10.2. The first-order valence-electron chi connectivity index (χ1n) is 5.55. The van der Waals surface area contributed by atoms with Gasteiger partial charge in [-0.2, -0.15) is 0 Å². The van der Waals surface area contributed by atoms with Crippen molar-refractivity contribution in [3.63, 3.8) is 0 Å². The third kappa shape index (κ3) is 3.16. The van der Waals surface area contributed by atoms with E-state index in [1.807, 2.05) is 19.1 Å². The van der Waals surface area contributed by atoms with Gasteiger partial charge in [0.25, 0.3) is 0 Å². The van der Waals surface area contributed by atoms with E-state index >= 15 is 0 Å². The van der Waals surface area contributed by atoms with Crippen molar-refractivity contribution >= 4 is 16.8 Å². The van der Waals surface area contributed by atoms with Gasteiger partial charge in [-0.15, -0.1) is 0 Å². The summed E-state index contributed by atoms with van der Waals surface area (Å²) < 4.78 is 16.2. The number of hydrogen-bond donors (Lipinski definition) is 0. The van der Waals surface area contributed by atoms with Crippen molar-refractivity contribution in [3.05, 3.63) is 29.8 Å². The summed E-state index contributed by atoms with van der Waals surface area (Å²) in [5.41, 5.74) is 1.10. The lowest BCUT2D eigenvalue weighted by Gasteiger charge is -2.21. The standard InChI is InChI=1S/C13H18O3S/c1-5-16-12(14)13(3,4)17(15)11-8-6-10(2)7-9-11/h6-9H,5H2,1-4H3. The Morgan fingerprint density at radius 1 is 1.29 bits per heavy atom. The normalized spacial score (nSPS) is 13.2. The van der Waals surface area contributed by atoms with Crippen molar-refractivity contribution in [2.45, 2.75) is 37.3 Å². The van der Waals surface area contributed by atoms with Crippen molar-refractivity contribution in [1.29, 1.82) is 0 Å². The molecule has 4 heteroatoms. The molecule has 0 aliphatic rings. The molecule has 0 bridgehead atoms. The summed E-state index contributed by atoms with van der Waals surface area (Å²) in [7, 11) is -1.41. The maximum absolute atomic E-state index is 12.3. The predicted octanol–water partition coefficient (Wildman–Crippen LogP) is 2.44. The molecule has 1 atom stereocenters. The average molecular weight is 254 g/mol. The minimum Gasteiger partial charge on any atom is -0.465 e. The fourth-order valence-electron chi connectivity index (χ4n) is 1.34. The Morgan fingerprint density at radius 2 is 1.82 bits per heavy atom. The Morgan fingerprint density at radius 3 is 2.29 bits per heavy atom. The van der Waals surface area contributed by atoms with Gasteiger partial charge in [0.2, 0.25) is 0 Å². The van der Waals surface area contributed by atoms with Crippen LogP contribution in [0.15, 0.2) is 29.2 Å². The average Bonchev–Trinajstić information content (AvgIpc) is 2.29. The van der Waals surface area contributed by atoms with Crippen LogP contribution in [-0.4, -0.2) is 21.5 Å². The number of benzene rings is 1. The second kappa shape index (κ2) is 5.45. The van der Waals surface area contributed by atoms with Crippen LogP contribution < -0.4 is 0 Å². The van der Waals surface area contributed by atoms with Gasteiger partial charge in [0.05, 0.1) is 17.4 Å². The second-order valence-electron chi connectivity index (χ2n) is 4.31. The number of hydrogen-bond acceptors (Lipinski definition) is 3. The maximum Gasteiger partial charge on any atom is 0.324 e. The van der Waals surface area contributed by atoms with Crippen molar-refractivity contribution in [2.75, 3.05) is 6.61 Å². The van der Waals surface area contributed by atoms with Crippen LogP contribution in [0.4, 0.5) is 0 Å². The summed E-state index contributed by atoms with van der Waals surface area (Å²) in [6, 6.07) is 7.34. The summed E-state index contributed by atoms with van der Waals surface area (Å²) in [6.07, 6.45) is 0. The number of carbonyl (C=O) groups is 1. The number of esters is 1. The van der Waals surface area contributed by atoms with E-state index in [0.29, 0.717) is 11.5 Å². The Balaban J connectivity index is 2.95.